The summed E-state index contributed by atoms with van der Waals surface area (Å²) in [6.45, 7) is 4.12. The zero-order valence-electron chi connectivity index (χ0n) is 14.9. The maximum atomic E-state index is 13.2. The van der Waals surface area contributed by atoms with Crippen molar-refractivity contribution in [2.45, 2.75) is 25.2 Å². The number of hydrogen-bond donors (Lipinski definition) is 1. The van der Waals surface area contributed by atoms with E-state index in [2.05, 4.69) is 0 Å². The number of amides is 1. The molecule has 0 unspecified atom stereocenters. The number of carbonyl (C=O) groups is 2. The Hall–Kier alpha value is -2.69. The molecule has 1 aliphatic rings. The van der Waals surface area contributed by atoms with Gasteiger partial charge in [-0.05, 0) is 37.1 Å². The Balaban J connectivity index is 1.86. The lowest BCUT2D eigenvalue weighted by Crippen LogP contribution is -2.42. The maximum Gasteiger partial charge on any atom is 0.308 e. The summed E-state index contributed by atoms with van der Waals surface area (Å²) in [5.41, 5.74) is 0.774. The molecule has 1 aliphatic heterocycles. The van der Waals surface area contributed by atoms with E-state index in [1.165, 1.54) is 12.1 Å². The summed E-state index contributed by atoms with van der Waals surface area (Å²) in [5.74, 6) is -2.26. The molecule has 0 aromatic heterocycles. The quantitative estimate of drug-likeness (QED) is 0.914. The summed E-state index contributed by atoms with van der Waals surface area (Å²) >= 11 is 0. The fourth-order valence-electron chi connectivity index (χ4n) is 3.64. The minimum absolute atomic E-state index is 0.145. The Labute approximate surface area is 152 Å². The van der Waals surface area contributed by atoms with Crippen molar-refractivity contribution in [3.63, 3.8) is 0 Å². The van der Waals surface area contributed by atoms with Gasteiger partial charge in [0.25, 0.3) is 0 Å². The van der Waals surface area contributed by atoms with Gasteiger partial charge >= 0.3 is 5.97 Å². The van der Waals surface area contributed by atoms with Crippen LogP contribution in [0, 0.1) is 11.7 Å². The summed E-state index contributed by atoms with van der Waals surface area (Å²) in [6.07, 6.45) is 0. The highest BCUT2D eigenvalue weighted by Gasteiger charge is 2.44. The first kappa shape index (κ1) is 18.1. The summed E-state index contributed by atoms with van der Waals surface area (Å²) in [5, 5.41) is 9.62. The Morgan fingerprint density at radius 1 is 1.04 bits per heavy atom. The van der Waals surface area contributed by atoms with Crippen molar-refractivity contribution < 1.29 is 19.1 Å². The highest BCUT2D eigenvalue weighted by molar-refractivity contribution is 5.88. The molecule has 0 saturated carbocycles. The van der Waals surface area contributed by atoms with E-state index >= 15 is 0 Å². The van der Waals surface area contributed by atoms with Gasteiger partial charge in [-0.15, -0.1) is 0 Å². The number of carboxylic acids is 1. The van der Waals surface area contributed by atoms with E-state index in [1.54, 1.807) is 30.9 Å². The molecular formula is C21H22FNO3. The monoisotopic (exact) mass is 355 g/mol. The predicted octanol–water partition coefficient (Wildman–Crippen LogP) is 3.43. The Kier molecular flexibility index (Phi) is 4.81. The molecular weight excluding hydrogens is 333 g/mol. The van der Waals surface area contributed by atoms with Crippen molar-refractivity contribution in [2.24, 2.45) is 5.92 Å². The second-order valence-corrected chi connectivity index (χ2v) is 7.30. The molecule has 1 N–H and O–H groups in total. The first-order valence-corrected chi connectivity index (χ1v) is 8.64. The third kappa shape index (κ3) is 3.34. The number of carboxylic acid groups (broad SMARTS) is 1. The highest BCUT2D eigenvalue weighted by atomic mass is 19.1. The van der Waals surface area contributed by atoms with Crippen LogP contribution in [0.15, 0.2) is 54.6 Å². The van der Waals surface area contributed by atoms with Crippen LogP contribution in [0.5, 0.6) is 0 Å². The average Bonchev–Trinajstić information content (AvgIpc) is 3.07. The number of nitrogens with zero attached hydrogens (tertiary/aromatic N) is 1. The van der Waals surface area contributed by atoms with Gasteiger partial charge in [-0.3, -0.25) is 9.59 Å². The van der Waals surface area contributed by atoms with E-state index in [4.69, 9.17) is 0 Å². The average molecular weight is 355 g/mol. The van der Waals surface area contributed by atoms with Crippen LogP contribution >= 0.6 is 0 Å². The molecule has 136 valence electrons. The van der Waals surface area contributed by atoms with E-state index in [9.17, 15) is 19.1 Å². The van der Waals surface area contributed by atoms with Crippen LogP contribution in [0.25, 0.3) is 0 Å². The van der Waals surface area contributed by atoms with Crippen molar-refractivity contribution in [3.05, 3.63) is 71.5 Å². The van der Waals surface area contributed by atoms with E-state index in [1.807, 2.05) is 30.3 Å². The number of aliphatic carboxylic acids is 1. The smallest absolute Gasteiger partial charge is 0.308 e. The van der Waals surface area contributed by atoms with Crippen LogP contribution in [-0.4, -0.2) is 35.0 Å². The minimum atomic E-state index is -0.895. The zero-order chi connectivity index (χ0) is 18.9. The molecule has 5 heteroatoms. The van der Waals surface area contributed by atoms with Gasteiger partial charge in [0.1, 0.15) is 5.82 Å². The van der Waals surface area contributed by atoms with Crippen molar-refractivity contribution in [2.75, 3.05) is 13.1 Å². The van der Waals surface area contributed by atoms with Gasteiger partial charge in [0.05, 0.1) is 11.3 Å². The molecule has 4 nitrogen and oxygen atoms in total. The molecule has 0 aliphatic carbocycles. The highest BCUT2D eigenvalue weighted by Crippen LogP contribution is 2.36. The molecule has 3 rings (SSSR count). The first-order chi connectivity index (χ1) is 12.3. The third-order valence-electron chi connectivity index (χ3n) is 5.25. The molecule has 26 heavy (non-hydrogen) atoms. The number of rotatable bonds is 4. The number of likely N-dealkylation sites (tertiary alicyclic amines) is 1. The van der Waals surface area contributed by atoms with Crippen molar-refractivity contribution in [1.82, 2.24) is 4.90 Å². The molecule has 1 fully saturated rings. The van der Waals surface area contributed by atoms with E-state index in [-0.39, 0.29) is 24.2 Å². The molecule has 2 atom stereocenters. The van der Waals surface area contributed by atoms with Crippen LogP contribution in [-0.2, 0) is 15.0 Å². The van der Waals surface area contributed by atoms with Crippen molar-refractivity contribution >= 4 is 11.9 Å². The van der Waals surface area contributed by atoms with Gasteiger partial charge in [0.15, 0.2) is 0 Å². The molecule has 0 bridgehead atoms. The van der Waals surface area contributed by atoms with Crippen LogP contribution in [0.1, 0.15) is 30.9 Å². The molecule has 2 aromatic rings. The first-order valence-electron chi connectivity index (χ1n) is 8.64. The summed E-state index contributed by atoms with van der Waals surface area (Å²) < 4.78 is 13.2. The molecule has 0 spiro atoms. The van der Waals surface area contributed by atoms with Crippen LogP contribution < -0.4 is 0 Å². The number of hydrogen-bond acceptors (Lipinski definition) is 2. The SMILES string of the molecule is CC(C)(C(=O)N1C[C@H](C(=O)O)[C@H](c2ccccc2)C1)c1ccc(F)cc1. The van der Waals surface area contributed by atoms with Gasteiger partial charge in [-0.2, -0.15) is 0 Å². The molecule has 1 heterocycles. The third-order valence-corrected chi connectivity index (χ3v) is 5.25. The largest absolute Gasteiger partial charge is 0.481 e. The minimum Gasteiger partial charge on any atom is -0.481 e. The normalized spacial score (nSPS) is 20.2. The second-order valence-electron chi connectivity index (χ2n) is 7.30. The Bertz CT molecular complexity index is 802. The molecule has 1 amide bonds. The lowest BCUT2D eigenvalue weighted by atomic mass is 9.83. The van der Waals surface area contributed by atoms with Gasteiger partial charge in [-0.1, -0.05) is 42.5 Å². The van der Waals surface area contributed by atoms with E-state index in [0.29, 0.717) is 12.1 Å². The molecule has 0 radical (unpaired) electrons. The summed E-state index contributed by atoms with van der Waals surface area (Å²) in [4.78, 5) is 26.5. The van der Waals surface area contributed by atoms with Crippen molar-refractivity contribution in [1.29, 1.82) is 0 Å². The zero-order valence-corrected chi connectivity index (χ0v) is 14.9. The number of carbonyl (C=O) groups excluding carboxylic acids is 1. The number of benzene rings is 2. The van der Waals surface area contributed by atoms with Gasteiger partial charge in [-0.25, -0.2) is 4.39 Å². The summed E-state index contributed by atoms with van der Waals surface area (Å²) in [6, 6.07) is 15.3. The standard InChI is InChI=1S/C21H22FNO3/c1-21(2,15-8-10-16(22)11-9-15)20(26)23-12-17(18(13-23)19(24)25)14-6-4-3-5-7-14/h3-11,17-18H,12-13H2,1-2H3,(H,24,25)/t17-,18-/m0/s1. The van der Waals surface area contributed by atoms with Gasteiger partial charge in [0, 0.05) is 19.0 Å². The topological polar surface area (TPSA) is 57.6 Å². The van der Waals surface area contributed by atoms with E-state index in [0.717, 1.165) is 5.56 Å². The van der Waals surface area contributed by atoms with Crippen molar-refractivity contribution in [3.8, 4) is 0 Å². The Morgan fingerprint density at radius 2 is 1.65 bits per heavy atom. The molecule has 2 aromatic carbocycles. The fraction of sp³-hybridized carbons (Fsp3) is 0.333. The van der Waals surface area contributed by atoms with Crippen LogP contribution in [0.4, 0.5) is 4.39 Å². The van der Waals surface area contributed by atoms with Gasteiger partial charge in [0.2, 0.25) is 5.91 Å². The number of halogens is 1. The van der Waals surface area contributed by atoms with Gasteiger partial charge < -0.3 is 10.0 Å². The predicted molar refractivity (Wildman–Crippen MR) is 96.3 cm³/mol. The maximum absolute atomic E-state index is 13.2. The van der Waals surface area contributed by atoms with Crippen LogP contribution in [0.3, 0.4) is 0 Å². The molecule has 1 saturated heterocycles. The fourth-order valence-corrected chi connectivity index (χ4v) is 3.64. The van der Waals surface area contributed by atoms with Crippen LogP contribution in [0.2, 0.25) is 0 Å². The summed E-state index contributed by atoms with van der Waals surface area (Å²) in [7, 11) is 0. The Morgan fingerprint density at radius 3 is 2.23 bits per heavy atom. The lowest BCUT2D eigenvalue weighted by Gasteiger charge is -2.30. The van der Waals surface area contributed by atoms with E-state index < -0.39 is 17.3 Å². The lowest BCUT2D eigenvalue weighted by molar-refractivity contribution is -0.142. The second kappa shape index (κ2) is 6.90.